The highest BCUT2D eigenvalue weighted by atomic mass is 32.1. The lowest BCUT2D eigenvalue weighted by Gasteiger charge is -2.10. The van der Waals surface area contributed by atoms with Crippen molar-refractivity contribution in [3.63, 3.8) is 0 Å². The molecule has 2 heterocycles. The zero-order valence-electron chi connectivity index (χ0n) is 11.1. The number of hydrogen-bond donors (Lipinski definition) is 2. The Morgan fingerprint density at radius 1 is 1.40 bits per heavy atom. The van der Waals surface area contributed by atoms with Gasteiger partial charge in [0.25, 0.3) is 11.1 Å². The van der Waals surface area contributed by atoms with Crippen molar-refractivity contribution in [2.75, 3.05) is 0 Å². The summed E-state index contributed by atoms with van der Waals surface area (Å²) in [5.41, 5.74) is 7.04. The number of nitrogens with zero attached hydrogens (tertiary/aromatic N) is 2. The first-order valence-electron chi connectivity index (χ1n) is 5.96. The summed E-state index contributed by atoms with van der Waals surface area (Å²) in [5.74, 6) is 0. The average molecular weight is 290 g/mol. The number of nitrogens with one attached hydrogen (secondary N) is 1. The topological polar surface area (TPSA) is 93.8 Å². The second kappa shape index (κ2) is 5.38. The molecule has 0 saturated carbocycles. The summed E-state index contributed by atoms with van der Waals surface area (Å²) >= 11 is 4.93. The van der Waals surface area contributed by atoms with Crippen molar-refractivity contribution in [2.45, 2.75) is 20.4 Å². The van der Waals surface area contributed by atoms with Gasteiger partial charge < -0.3 is 5.73 Å². The predicted octanol–water partition coefficient (Wildman–Crippen LogP) is 0.231. The molecule has 0 aliphatic carbocycles. The standard InChI is InChI=1S/C13H14N4O2S/c1-7-8(2)13(19)17(16-12(7)18)6-9-4-3-5-15-10(9)11(14)20/h3-5H,6H2,1-2H3,(H2,14,20)(H,16,18). The predicted molar refractivity (Wildman–Crippen MR) is 80.0 cm³/mol. The van der Waals surface area contributed by atoms with E-state index >= 15 is 0 Å². The van der Waals surface area contributed by atoms with E-state index in [9.17, 15) is 9.59 Å². The molecule has 0 fully saturated rings. The van der Waals surface area contributed by atoms with Gasteiger partial charge in [0.1, 0.15) is 10.7 Å². The Kier molecular flexibility index (Phi) is 3.80. The van der Waals surface area contributed by atoms with Gasteiger partial charge in [-0.1, -0.05) is 18.3 Å². The Morgan fingerprint density at radius 3 is 2.75 bits per heavy atom. The fourth-order valence-electron chi connectivity index (χ4n) is 1.86. The van der Waals surface area contributed by atoms with Crippen LogP contribution in [0.2, 0.25) is 0 Å². The highest BCUT2D eigenvalue weighted by molar-refractivity contribution is 7.80. The molecular weight excluding hydrogens is 276 g/mol. The molecule has 104 valence electrons. The van der Waals surface area contributed by atoms with Gasteiger partial charge in [0, 0.05) is 22.9 Å². The van der Waals surface area contributed by atoms with E-state index < -0.39 is 0 Å². The molecule has 3 N–H and O–H groups in total. The van der Waals surface area contributed by atoms with Gasteiger partial charge in [-0.25, -0.2) is 4.68 Å². The third-order valence-electron chi connectivity index (χ3n) is 3.16. The molecule has 0 unspecified atom stereocenters. The molecule has 0 atom stereocenters. The molecule has 0 saturated heterocycles. The largest absolute Gasteiger partial charge is 0.388 e. The second-order valence-corrected chi connectivity index (χ2v) is 4.90. The minimum Gasteiger partial charge on any atom is -0.388 e. The van der Waals surface area contributed by atoms with E-state index in [0.29, 0.717) is 22.4 Å². The Labute approximate surface area is 120 Å². The summed E-state index contributed by atoms with van der Waals surface area (Å²) in [6, 6.07) is 3.49. The molecule has 0 bridgehead atoms. The summed E-state index contributed by atoms with van der Waals surface area (Å²) in [6.07, 6.45) is 1.57. The number of aromatic nitrogens is 3. The molecule has 2 aromatic rings. The van der Waals surface area contributed by atoms with Gasteiger partial charge in [-0.15, -0.1) is 0 Å². The van der Waals surface area contributed by atoms with Gasteiger partial charge in [-0.3, -0.25) is 19.7 Å². The van der Waals surface area contributed by atoms with Gasteiger partial charge in [-0.05, 0) is 19.9 Å². The summed E-state index contributed by atoms with van der Waals surface area (Å²) in [7, 11) is 0. The number of pyridine rings is 1. The first kappa shape index (κ1) is 14.1. The lowest BCUT2D eigenvalue weighted by atomic mass is 10.2. The minimum atomic E-state index is -0.289. The van der Waals surface area contributed by atoms with Gasteiger partial charge in [0.05, 0.1) is 6.54 Å². The van der Waals surface area contributed by atoms with Crippen LogP contribution in [0.15, 0.2) is 27.9 Å². The minimum absolute atomic E-state index is 0.153. The molecule has 20 heavy (non-hydrogen) atoms. The first-order valence-corrected chi connectivity index (χ1v) is 6.36. The van der Waals surface area contributed by atoms with Crippen LogP contribution in [0.1, 0.15) is 22.4 Å². The average Bonchev–Trinajstić information content (AvgIpc) is 2.43. The van der Waals surface area contributed by atoms with E-state index in [4.69, 9.17) is 18.0 Å². The molecule has 0 aliphatic heterocycles. The van der Waals surface area contributed by atoms with Gasteiger partial charge in [0.2, 0.25) is 0 Å². The van der Waals surface area contributed by atoms with E-state index in [-0.39, 0.29) is 22.7 Å². The van der Waals surface area contributed by atoms with Crippen molar-refractivity contribution >= 4 is 17.2 Å². The summed E-state index contributed by atoms with van der Waals surface area (Å²) in [4.78, 5) is 28.1. The molecular formula is C13H14N4O2S. The first-order chi connectivity index (χ1) is 9.41. The zero-order chi connectivity index (χ0) is 14.9. The highest BCUT2D eigenvalue weighted by Crippen LogP contribution is 2.06. The molecule has 6 nitrogen and oxygen atoms in total. The zero-order valence-corrected chi connectivity index (χ0v) is 12.0. The Hall–Kier alpha value is -2.28. The number of H-pyrrole nitrogens is 1. The third kappa shape index (κ3) is 2.53. The molecule has 0 aliphatic rings. The number of hydrogen-bond acceptors (Lipinski definition) is 4. The van der Waals surface area contributed by atoms with Gasteiger partial charge >= 0.3 is 0 Å². The summed E-state index contributed by atoms with van der Waals surface area (Å²) in [6.45, 7) is 3.40. The lowest BCUT2D eigenvalue weighted by molar-refractivity contribution is 0.616. The smallest absolute Gasteiger partial charge is 0.268 e. The van der Waals surface area contributed by atoms with E-state index in [0.717, 1.165) is 0 Å². The van der Waals surface area contributed by atoms with Crippen LogP contribution >= 0.6 is 12.2 Å². The number of rotatable bonds is 3. The van der Waals surface area contributed by atoms with Crippen LogP contribution in [0.25, 0.3) is 0 Å². The number of aromatic amines is 1. The van der Waals surface area contributed by atoms with Crippen molar-refractivity contribution in [3.8, 4) is 0 Å². The Bertz CT molecular complexity index is 792. The van der Waals surface area contributed by atoms with Gasteiger partial charge in [0.15, 0.2) is 0 Å². The van der Waals surface area contributed by atoms with E-state index in [2.05, 4.69) is 10.1 Å². The summed E-state index contributed by atoms with van der Waals surface area (Å²) in [5, 5.41) is 2.54. The normalized spacial score (nSPS) is 10.5. The lowest BCUT2D eigenvalue weighted by Crippen LogP contribution is -2.34. The van der Waals surface area contributed by atoms with Crippen LogP contribution in [-0.2, 0) is 6.54 Å². The van der Waals surface area contributed by atoms with Crippen molar-refractivity contribution in [1.82, 2.24) is 14.8 Å². The number of nitrogens with two attached hydrogens (primary N) is 1. The molecule has 0 radical (unpaired) electrons. The Morgan fingerprint density at radius 2 is 2.10 bits per heavy atom. The van der Waals surface area contributed by atoms with Gasteiger partial charge in [-0.2, -0.15) is 0 Å². The van der Waals surface area contributed by atoms with Crippen LogP contribution in [0, 0.1) is 13.8 Å². The van der Waals surface area contributed by atoms with Crippen molar-refractivity contribution in [1.29, 1.82) is 0 Å². The van der Waals surface area contributed by atoms with Crippen molar-refractivity contribution < 1.29 is 0 Å². The van der Waals surface area contributed by atoms with Crippen LogP contribution < -0.4 is 16.9 Å². The van der Waals surface area contributed by atoms with Crippen LogP contribution in [0.3, 0.4) is 0 Å². The van der Waals surface area contributed by atoms with E-state index in [1.807, 2.05) is 0 Å². The molecule has 0 amide bonds. The molecule has 2 rings (SSSR count). The summed E-state index contributed by atoms with van der Waals surface area (Å²) < 4.78 is 1.24. The fraction of sp³-hybridized carbons (Fsp3) is 0.231. The molecule has 2 aromatic heterocycles. The SMILES string of the molecule is Cc1c(C)c(=O)n(Cc2cccnc2C(N)=S)[nH]c1=O. The highest BCUT2D eigenvalue weighted by Gasteiger charge is 2.11. The Balaban J connectivity index is 2.55. The fourth-order valence-corrected chi connectivity index (χ4v) is 2.04. The monoisotopic (exact) mass is 290 g/mol. The molecule has 0 aromatic carbocycles. The third-order valence-corrected chi connectivity index (χ3v) is 3.35. The maximum atomic E-state index is 12.1. The van der Waals surface area contributed by atoms with Crippen LogP contribution in [0.5, 0.6) is 0 Å². The second-order valence-electron chi connectivity index (χ2n) is 4.46. The maximum Gasteiger partial charge on any atom is 0.268 e. The van der Waals surface area contributed by atoms with Crippen LogP contribution in [-0.4, -0.2) is 19.8 Å². The van der Waals surface area contributed by atoms with Crippen molar-refractivity contribution in [3.05, 3.63) is 61.4 Å². The van der Waals surface area contributed by atoms with Crippen LogP contribution in [0.4, 0.5) is 0 Å². The molecule has 0 spiro atoms. The van der Waals surface area contributed by atoms with E-state index in [1.165, 1.54) is 4.68 Å². The van der Waals surface area contributed by atoms with Crippen molar-refractivity contribution in [2.24, 2.45) is 5.73 Å². The maximum absolute atomic E-state index is 12.1. The quantitative estimate of drug-likeness (QED) is 0.789. The van der Waals surface area contributed by atoms with E-state index in [1.54, 1.807) is 32.2 Å². The number of thiocarbonyl (C=S) groups is 1. The molecule has 7 heteroatoms.